The molecule has 112 valence electrons. The van der Waals surface area contributed by atoms with Crippen LogP contribution in [-0.4, -0.2) is 4.98 Å². The lowest BCUT2D eigenvalue weighted by Gasteiger charge is -2.14. The number of aryl methyl sites for hydroxylation is 1. The van der Waals surface area contributed by atoms with Crippen LogP contribution >= 0.6 is 27.5 Å². The van der Waals surface area contributed by atoms with E-state index in [1.165, 1.54) is 6.07 Å². The van der Waals surface area contributed by atoms with Gasteiger partial charge in [-0.3, -0.25) is 4.98 Å². The van der Waals surface area contributed by atoms with Gasteiger partial charge in [0.15, 0.2) is 0 Å². The van der Waals surface area contributed by atoms with Gasteiger partial charge in [0.2, 0.25) is 0 Å². The van der Waals surface area contributed by atoms with Gasteiger partial charge in [0.25, 0.3) is 0 Å². The molecular weight excluding hydrogens is 367 g/mol. The fourth-order valence-electron chi connectivity index (χ4n) is 1.88. The third kappa shape index (κ3) is 4.20. The van der Waals surface area contributed by atoms with E-state index in [1.54, 1.807) is 12.3 Å². The van der Waals surface area contributed by atoms with E-state index in [2.05, 4.69) is 20.9 Å². The number of nitrogens with zero attached hydrogens (tertiary/aromatic N) is 1. The lowest BCUT2D eigenvalue weighted by atomic mass is 10.0. The minimum absolute atomic E-state index is 0.0103. The zero-order valence-corrected chi connectivity index (χ0v) is 13.4. The van der Waals surface area contributed by atoms with Crippen LogP contribution in [0.2, 0.25) is 0 Å². The Morgan fingerprint density at radius 3 is 2.52 bits per heavy atom. The molecule has 0 saturated heterocycles. The number of hydrogen-bond acceptors (Lipinski definition) is 1. The van der Waals surface area contributed by atoms with Crippen molar-refractivity contribution < 1.29 is 13.2 Å². The SMILES string of the molecule is Cc1ccc(CC(Cl)c2ccc(Br)c(C(F)(F)F)c2)nc1. The maximum Gasteiger partial charge on any atom is 0.417 e. The van der Waals surface area contributed by atoms with Crippen LogP contribution in [0.3, 0.4) is 0 Å². The molecular formula is C15H12BrClF3N. The summed E-state index contributed by atoms with van der Waals surface area (Å²) in [4.78, 5) is 4.22. The van der Waals surface area contributed by atoms with Gasteiger partial charge in [-0.05, 0) is 36.2 Å². The molecule has 0 aliphatic carbocycles. The summed E-state index contributed by atoms with van der Waals surface area (Å²) in [5.74, 6) is 0. The van der Waals surface area contributed by atoms with Gasteiger partial charge in [0, 0.05) is 22.8 Å². The van der Waals surface area contributed by atoms with Crippen molar-refractivity contribution >= 4 is 27.5 Å². The molecule has 0 fully saturated rings. The van der Waals surface area contributed by atoms with Gasteiger partial charge < -0.3 is 0 Å². The highest BCUT2D eigenvalue weighted by molar-refractivity contribution is 9.10. The zero-order chi connectivity index (χ0) is 15.6. The molecule has 1 aromatic carbocycles. The van der Waals surface area contributed by atoms with Gasteiger partial charge in [0.1, 0.15) is 0 Å². The van der Waals surface area contributed by atoms with Crippen molar-refractivity contribution in [2.75, 3.05) is 0 Å². The number of alkyl halides is 4. The Morgan fingerprint density at radius 2 is 1.95 bits per heavy atom. The minimum Gasteiger partial charge on any atom is -0.261 e. The second kappa shape index (κ2) is 6.36. The highest BCUT2D eigenvalue weighted by Crippen LogP contribution is 2.37. The first kappa shape index (κ1) is 16.3. The predicted octanol–water partition coefficient (Wildman–Crippen LogP) is 5.69. The maximum absolute atomic E-state index is 12.9. The average molecular weight is 379 g/mol. The zero-order valence-electron chi connectivity index (χ0n) is 11.1. The Hall–Kier alpha value is -1.07. The number of benzene rings is 1. The molecule has 0 amide bonds. The molecule has 6 heteroatoms. The van der Waals surface area contributed by atoms with E-state index in [4.69, 9.17) is 11.6 Å². The topological polar surface area (TPSA) is 12.9 Å². The van der Waals surface area contributed by atoms with Crippen LogP contribution in [0.1, 0.15) is 27.8 Å². The molecule has 1 unspecified atom stereocenters. The van der Waals surface area contributed by atoms with Gasteiger partial charge in [0.05, 0.1) is 10.9 Å². The number of pyridine rings is 1. The second-order valence-electron chi connectivity index (χ2n) is 4.74. The molecule has 0 N–H and O–H groups in total. The van der Waals surface area contributed by atoms with Crippen LogP contribution in [-0.2, 0) is 12.6 Å². The monoisotopic (exact) mass is 377 g/mol. The summed E-state index contributed by atoms with van der Waals surface area (Å²) in [5.41, 5.74) is 1.47. The minimum atomic E-state index is -4.41. The number of halogens is 5. The first-order valence-electron chi connectivity index (χ1n) is 6.19. The van der Waals surface area contributed by atoms with Gasteiger partial charge in [-0.1, -0.05) is 28.1 Å². The Morgan fingerprint density at radius 1 is 1.24 bits per heavy atom. The first-order valence-corrected chi connectivity index (χ1v) is 7.42. The molecule has 1 nitrogen and oxygen atoms in total. The molecule has 1 atom stereocenters. The second-order valence-corrected chi connectivity index (χ2v) is 6.12. The van der Waals surface area contributed by atoms with Gasteiger partial charge in [-0.15, -0.1) is 11.6 Å². The molecule has 2 rings (SSSR count). The third-order valence-electron chi connectivity index (χ3n) is 3.02. The average Bonchev–Trinajstić information content (AvgIpc) is 2.40. The van der Waals surface area contributed by atoms with E-state index in [9.17, 15) is 13.2 Å². The summed E-state index contributed by atoms with van der Waals surface area (Å²) in [6.45, 7) is 1.92. The van der Waals surface area contributed by atoms with Crippen molar-refractivity contribution in [3.63, 3.8) is 0 Å². The molecule has 1 heterocycles. The summed E-state index contributed by atoms with van der Waals surface area (Å²) in [6.07, 6.45) is -2.32. The number of hydrogen-bond donors (Lipinski definition) is 0. The maximum atomic E-state index is 12.9. The van der Waals surface area contributed by atoms with Crippen LogP contribution in [0.25, 0.3) is 0 Å². The van der Waals surface area contributed by atoms with Gasteiger partial charge in [-0.2, -0.15) is 13.2 Å². The fourth-order valence-corrected chi connectivity index (χ4v) is 2.64. The van der Waals surface area contributed by atoms with E-state index >= 15 is 0 Å². The fraction of sp³-hybridized carbons (Fsp3) is 0.267. The van der Waals surface area contributed by atoms with Crippen molar-refractivity contribution in [1.29, 1.82) is 0 Å². The first-order chi connectivity index (χ1) is 9.77. The summed E-state index contributed by atoms with van der Waals surface area (Å²) in [5, 5.41) is -0.561. The van der Waals surface area contributed by atoms with E-state index in [0.717, 1.165) is 17.3 Å². The molecule has 0 saturated carbocycles. The Kier molecular flexibility index (Phi) is 4.94. The lowest BCUT2D eigenvalue weighted by molar-refractivity contribution is -0.138. The quantitative estimate of drug-likeness (QED) is 0.625. The van der Waals surface area contributed by atoms with E-state index in [0.29, 0.717) is 12.0 Å². The van der Waals surface area contributed by atoms with E-state index in [1.807, 2.05) is 19.1 Å². The standard InChI is InChI=1S/C15H12BrClF3N/c1-9-2-4-11(21-8-9)7-14(17)10-3-5-13(16)12(6-10)15(18,19)20/h2-6,8,14H,7H2,1H3. The molecule has 2 aromatic rings. The third-order valence-corrected chi connectivity index (χ3v) is 4.12. The predicted molar refractivity (Wildman–Crippen MR) is 80.4 cm³/mol. The Balaban J connectivity index is 2.23. The lowest BCUT2D eigenvalue weighted by Crippen LogP contribution is -2.08. The highest BCUT2D eigenvalue weighted by Gasteiger charge is 2.33. The molecule has 0 bridgehead atoms. The molecule has 21 heavy (non-hydrogen) atoms. The van der Waals surface area contributed by atoms with Crippen LogP contribution < -0.4 is 0 Å². The molecule has 0 radical (unpaired) electrons. The van der Waals surface area contributed by atoms with Crippen molar-refractivity contribution in [3.05, 3.63) is 63.4 Å². The summed E-state index contributed by atoms with van der Waals surface area (Å²) in [7, 11) is 0. The van der Waals surface area contributed by atoms with Gasteiger partial charge in [-0.25, -0.2) is 0 Å². The molecule has 0 aliphatic rings. The number of rotatable bonds is 3. The van der Waals surface area contributed by atoms with Crippen LogP contribution in [0, 0.1) is 6.92 Å². The van der Waals surface area contributed by atoms with E-state index < -0.39 is 17.1 Å². The summed E-state index contributed by atoms with van der Waals surface area (Å²) >= 11 is 9.15. The van der Waals surface area contributed by atoms with Crippen molar-refractivity contribution in [2.45, 2.75) is 24.9 Å². The van der Waals surface area contributed by atoms with Crippen LogP contribution in [0.15, 0.2) is 41.0 Å². The summed E-state index contributed by atoms with van der Waals surface area (Å²) < 4.78 is 38.6. The van der Waals surface area contributed by atoms with Crippen molar-refractivity contribution in [1.82, 2.24) is 4.98 Å². The van der Waals surface area contributed by atoms with Crippen molar-refractivity contribution in [3.8, 4) is 0 Å². The molecule has 0 aliphatic heterocycles. The van der Waals surface area contributed by atoms with E-state index in [-0.39, 0.29) is 4.47 Å². The van der Waals surface area contributed by atoms with Crippen molar-refractivity contribution in [2.24, 2.45) is 0 Å². The molecule has 1 aromatic heterocycles. The molecule has 0 spiro atoms. The van der Waals surface area contributed by atoms with Crippen LogP contribution in [0.4, 0.5) is 13.2 Å². The largest absolute Gasteiger partial charge is 0.417 e. The normalized spacial score (nSPS) is 13.2. The summed E-state index contributed by atoms with van der Waals surface area (Å²) in [6, 6.07) is 7.76. The smallest absolute Gasteiger partial charge is 0.261 e. The number of aromatic nitrogens is 1. The van der Waals surface area contributed by atoms with Crippen LogP contribution in [0.5, 0.6) is 0 Å². The Bertz CT molecular complexity index is 626. The van der Waals surface area contributed by atoms with Gasteiger partial charge >= 0.3 is 6.18 Å². The highest BCUT2D eigenvalue weighted by atomic mass is 79.9. The Labute approximate surface area is 134 Å².